The Kier molecular flexibility index (Phi) is 7.71. The number of carbonyl (C=O) groups is 4. The second-order valence-corrected chi connectivity index (χ2v) is 8.29. The molecule has 2 heterocycles. The lowest BCUT2D eigenvalue weighted by atomic mass is 9.95. The first-order valence-corrected chi connectivity index (χ1v) is 11.5. The number of likely N-dealkylation sites (tertiary alicyclic amines) is 1. The zero-order valence-electron chi connectivity index (χ0n) is 19.2. The first kappa shape index (κ1) is 23.9. The van der Waals surface area contributed by atoms with Crippen molar-refractivity contribution in [3.8, 4) is 0 Å². The van der Waals surface area contributed by atoms with Gasteiger partial charge in [-0.25, -0.2) is 0 Å². The highest BCUT2D eigenvalue weighted by atomic mass is 16.5. The van der Waals surface area contributed by atoms with Crippen LogP contribution in [0.5, 0.6) is 0 Å². The topological polar surface area (TPSA) is 133 Å². The van der Waals surface area contributed by atoms with Gasteiger partial charge in [0.2, 0.25) is 5.91 Å². The molecular formula is C25H27N5O5. The number of para-hydroxylation sites is 2. The molecule has 2 aromatic carbocycles. The fraction of sp³-hybridized carbons (Fsp3) is 0.320. The van der Waals surface area contributed by atoms with Crippen molar-refractivity contribution in [2.75, 3.05) is 31.6 Å². The molecule has 0 spiro atoms. The maximum Gasteiger partial charge on any atom is 0.308 e. The number of aromatic amines is 1. The summed E-state index contributed by atoms with van der Waals surface area (Å²) in [6.07, 6.45) is 1.03. The lowest BCUT2D eigenvalue weighted by Gasteiger charge is -2.31. The molecular weight excluding hydrogens is 450 g/mol. The molecule has 1 aliphatic heterocycles. The van der Waals surface area contributed by atoms with Gasteiger partial charge < -0.3 is 20.3 Å². The first-order valence-electron chi connectivity index (χ1n) is 11.5. The van der Waals surface area contributed by atoms with Crippen LogP contribution in [0.1, 0.15) is 29.8 Å². The van der Waals surface area contributed by atoms with Crippen molar-refractivity contribution in [2.45, 2.75) is 19.3 Å². The van der Waals surface area contributed by atoms with E-state index in [9.17, 15) is 19.2 Å². The summed E-state index contributed by atoms with van der Waals surface area (Å²) in [7, 11) is 0. The van der Waals surface area contributed by atoms with Crippen LogP contribution in [0.4, 0.5) is 5.69 Å². The van der Waals surface area contributed by atoms with Crippen molar-refractivity contribution in [3.05, 3.63) is 60.3 Å². The van der Waals surface area contributed by atoms with E-state index in [0.29, 0.717) is 31.3 Å². The SMILES string of the molecule is O=C(CCNC(=O)c1n[nH]c2ccccc12)OCC(=O)N1CCC(C(=O)Nc2ccccc2)CC1. The lowest BCUT2D eigenvalue weighted by Crippen LogP contribution is -2.43. The molecule has 0 unspecified atom stereocenters. The molecule has 1 saturated heterocycles. The van der Waals surface area contributed by atoms with E-state index in [1.54, 1.807) is 11.0 Å². The summed E-state index contributed by atoms with van der Waals surface area (Å²) >= 11 is 0. The monoisotopic (exact) mass is 477 g/mol. The Hall–Kier alpha value is -4.21. The minimum absolute atomic E-state index is 0.0559. The predicted molar refractivity (Wildman–Crippen MR) is 128 cm³/mol. The van der Waals surface area contributed by atoms with Crippen LogP contribution in [0.15, 0.2) is 54.6 Å². The van der Waals surface area contributed by atoms with Gasteiger partial charge in [-0.3, -0.25) is 24.3 Å². The number of amides is 3. The number of H-pyrrole nitrogens is 1. The molecule has 10 heteroatoms. The Labute approximate surface area is 202 Å². The van der Waals surface area contributed by atoms with Gasteiger partial charge in [0.25, 0.3) is 11.8 Å². The molecule has 35 heavy (non-hydrogen) atoms. The first-order chi connectivity index (χ1) is 17.0. The predicted octanol–water partition coefficient (Wildman–Crippen LogP) is 2.10. The summed E-state index contributed by atoms with van der Waals surface area (Å²) in [5, 5.41) is 13.0. The lowest BCUT2D eigenvalue weighted by molar-refractivity contribution is -0.152. The third-order valence-corrected chi connectivity index (χ3v) is 5.92. The Morgan fingerprint density at radius 2 is 1.71 bits per heavy atom. The van der Waals surface area contributed by atoms with Gasteiger partial charge in [-0.1, -0.05) is 36.4 Å². The number of esters is 1. The number of anilines is 1. The van der Waals surface area contributed by atoms with Gasteiger partial charge >= 0.3 is 5.97 Å². The van der Waals surface area contributed by atoms with Crippen molar-refractivity contribution >= 4 is 40.3 Å². The zero-order chi connectivity index (χ0) is 24.6. The normalized spacial score (nSPS) is 13.9. The van der Waals surface area contributed by atoms with Crippen molar-refractivity contribution < 1.29 is 23.9 Å². The number of piperidine rings is 1. The molecule has 3 aromatic rings. The summed E-state index contributed by atoms with van der Waals surface area (Å²) in [5.74, 6) is -1.50. The van der Waals surface area contributed by atoms with Crippen LogP contribution in [-0.2, 0) is 19.1 Å². The van der Waals surface area contributed by atoms with Gasteiger partial charge in [0, 0.05) is 36.6 Å². The molecule has 3 amide bonds. The number of benzene rings is 2. The van der Waals surface area contributed by atoms with Gasteiger partial charge in [0.05, 0.1) is 11.9 Å². The molecule has 3 N–H and O–H groups in total. The van der Waals surface area contributed by atoms with E-state index in [0.717, 1.165) is 11.2 Å². The highest BCUT2D eigenvalue weighted by Crippen LogP contribution is 2.20. The molecule has 1 aromatic heterocycles. The van der Waals surface area contributed by atoms with Crippen LogP contribution in [0.3, 0.4) is 0 Å². The van der Waals surface area contributed by atoms with E-state index >= 15 is 0 Å². The van der Waals surface area contributed by atoms with Gasteiger partial charge in [-0.05, 0) is 31.0 Å². The molecule has 1 fully saturated rings. The van der Waals surface area contributed by atoms with E-state index < -0.39 is 11.9 Å². The Bertz CT molecular complexity index is 1200. The van der Waals surface area contributed by atoms with E-state index in [4.69, 9.17) is 4.74 Å². The number of hydrogen-bond acceptors (Lipinski definition) is 6. The van der Waals surface area contributed by atoms with Crippen molar-refractivity contribution in [2.24, 2.45) is 5.92 Å². The maximum absolute atomic E-state index is 12.4. The van der Waals surface area contributed by atoms with Crippen LogP contribution in [0, 0.1) is 5.92 Å². The number of hydrogen-bond donors (Lipinski definition) is 3. The summed E-state index contributed by atoms with van der Waals surface area (Å²) in [4.78, 5) is 50.7. The van der Waals surface area contributed by atoms with Gasteiger partial charge in [0.15, 0.2) is 12.3 Å². The fourth-order valence-electron chi connectivity index (χ4n) is 3.96. The molecule has 1 aliphatic rings. The molecule has 0 saturated carbocycles. The number of carbonyl (C=O) groups excluding carboxylic acids is 4. The molecule has 4 rings (SSSR count). The van der Waals surface area contributed by atoms with Crippen molar-refractivity contribution in [1.82, 2.24) is 20.4 Å². The standard InChI is InChI=1S/C25H27N5O5/c31-21(30-14-11-17(12-15-30)24(33)27-18-6-2-1-3-7-18)16-35-22(32)10-13-26-25(34)23-19-8-4-5-9-20(19)28-29-23/h1-9,17H,10-16H2,(H,26,34)(H,27,33)(H,28,29). The van der Waals surface area contributed by atoms with Crippen molar-refractivity contribution in [3.63, 3.8) is 0 Å². The summed E-state index contributed by atoms with van der Waals surface area (Å²) < 4.78 is 5.07. The molecule has 0 radical (unpaired) electrons. The van der Waals surface area contributed by atoms with E-state index in [-0.39, 0.29) is 43.0 Å². The molecule has 0 aliphatic carbocycles. The third kappa shape index (κ3) is 6.23. The summed E-state index contributed by atoms with van der Waals surface area (Å²) in [5.41, 5.74) is 1.75. The van der Waals surface area contributed by atoms with Crippen LogP contribution >= 0.6 is 0 Å². The molecule has 10 nitrogen and oxygen atoms in total. The molecule has 0 atom stereocenters. The Balaban J connectivity index is 1.13. The number of aromatic nitrogens is 2. The largest absolute Gasteiger partial charge is 0.456 e. The highest BCUT2D eigenvalue weighted by molar-refractivity contribution is 6.04. The summed E-state index contributed by atoms with van der Waals surface area (Å²) in [6, 6.07) is 16.5. The molecule has 182 valence electrons. The van der Waals surface area contributed by atoms with Gasteiger partial charge in [-0.2, -0.15) is 5.10 Å². The number of nitrogens with zero attached hydrogens (tertiary/aromatic N) is 2. The van der Waals surface area contributed by atoms with E-state index in [2.05, 4.69) is 20.8 Å². The van der Waals surface area contributed by atoms with E-state index in [1.807, 2.05) is 48.5 Å². The minimum atomic E-state index is -0.581. The summed E-state index contributed by atoms with van der Waals surface area (Å²) in [6.45, 7) is 0.556. The van der Waals surface area contributed by atoms with Crippen LogP contribution in [-0.4, -0.2) is 65.0 Å². The second kappa shape index (κ2) is 11.3. The van der Waals surface area contributed by atoms with Gasteiger partial charge in [0.1, 0.15) is 0 Å². The quantitative estimate of drug-likeness (QED) is 0.426. The van der Waals surface area contributed by atoms with Crippen molar-refractivity contribution in [1.29, 1.82) is 0 Å². The van der Waals surface area contributed by atoms with Crippen LogP contribution < -0.4 is 10.6 Å². The Morgan fingerprint density at radius 1 is 1.00 bits per heavy atom. The number of ether oxygens (including phenoxy) is 1. The minimum Gasteiger partial charge on any atom is -0.456 e. The number of nitrogens with one attached hydrogen (secondary N) is 3. The Morgan fingerprint density at radius 3 is 2.49 bits per heavy atom. The third-order valence-electron chi connectivity index (χ3n) is 5.92. The number of fused-ring (bicyclic) bond motifs is 1. The average molecular weight is 478 g/mol. The fourth-order valence-corrected chi connectivity index (χ4v) is 3.96. The van der Waals surface area contributed by atoms with Crippen LogP contribution in [0.2, 0.25) is 0 Å². The smallest absolute Gasteiger partial charge is 0.308 e. The zero-order valence-corrected chi connectivity index (χ0v) is 19.2. The van der Waals surface area contributed by atoms with E-state index in [1.165, 1.54) is 0 Å². The second-order valence-electron chi connectivity index (χ2n) is 8.29. The van der Waals surface area contributed by atoms with Gasteiger partial charge in [-0.15, -0.1) is 0 Å². The van der Waals surface area contributed by atoms with Crippen LogP contribution in [0.25, 0.3) is 10.9 Å². The highest BCUT2D eigenvalue weighted by Gasteiger charge is 2.27. The molecule has 0 bridgehead atoms. The average Bonchev–Trinajstić information content (AvgIpc) is 3.32. The number of rotatable bonds is 8. The maximum atomic E-state index is 12.4.